The van der Waals surface area contributed by atoms with Crippen LogP contribution >= 0.6 is 15.9 Å². The van der Waals surface area contributed by atoms with Gasteiger partial charge in [0.1, 0.15) is 0 Å². The first-order valence-electron chi connectivity index (χ1n) is 4.90. The first-order chi connectivity index (χ1) is 6.68. The zero-order chi connectivity index (χ0) is 10.4. The molecular weight excluding hydrogens is 246 g/mol. The first-order valence-corrected chi connectivity index (χ1v) is 5.69. The lowest BCUT2D eigenvalue weighted by Crippen LogP contribution is -2.25. The third kappa shape index (κ3) is 4.77. The Kier molecular flexibility index (Phi) is 5.19. The molecule has 1 unspecified atom stereocenters. The fraction of sp³-hybridized carbons (Fsp3) is 0.700. The van der Waals surface area contributed by atoms with Gasteiger partial charge in [0.05, 0.1) is 6.10 Å². The van der Waals surface area contributed by atoms with Gasteiger partial charge in [-0.25, -0.2) is 0 Å². The summed E-state index contributed by atoms with van der Waals surface area (Å²) in [6.07, 6.45) is 3.90. The van der Waals surface area contributed by atoms with Gasteiger partial charge in [-0.2, -0.15) is 0 Å². The van der Waals surface area contributed by atoms with E-state index in [1.807, 2.05) is 0 Å². The number of carbonyl (C=O) groups is 1. The molecule has 1 saturated heterocycles. The molecule has 1 fully saturated rings. The van der Waals surface area contributed by atoms with Crippen molar-refractivity contribution in [3.63, 3.8) is 0 Å². The van der Waals surface area contributed by atoms with Crippen LogP contribution < -0.4 is 5.32 Å². The molecule has 1 rings (SSSR count). The summed E-state index contributed by atoms with van der Waals surface area (Å²) in [4.78, 5) is 11.3. The second-order valence-electron chi connectivity index (χ2n) is 3.47. The van der Waals surface area contributed by atoms with Crippen molar-refractivity contribution in [2.75, 3.05) is 13.2 Å². The highest BCUT2D eigenvalue weighted by atomic mass is 79.9. The molecule has 0 saturated carbocycles. The molecular formula is C10H16BrNO2. The number of hydrogen-bond acceptors (Lipinski definition) is 2. The van der Waals surface area contributed by atoms with Crippen molar-refractivity contribution >= 4 is 21.8 Å². The van der Waals surface area contributed by atoms with Crippen molar-refractivity contribution in [2.24, 2.45) is 0 Å². The Balaban J connectivity index is 2.05. The van der Waals surface area contributed by atoms with Crippen molar-refractivity contribution in [1.29, 1.82) is 0 Å². The summed E-state index contributed by atoms with van der Waals surface area (Å²) in [5.41, 5.74) is 0. The normalized spacial score (nSPS) is 20.8. The molecule has 14 heavy (non-hydrogen) atoms. The predicted molar refractivity (Wildman–Crippen MR) is 59.3 cm³/mol. The van der Waals surface area contributed by atoms with Crippen LogP contribution in [0.5, 0.6) is 0 Å². The Morgan fingerprint density at radius 3 is 3.00 bits per heavy atom. The largest absolute Gasteiger partial charge is 0.378 e. The van der Waals surface area contributed by atoms with E-state index in [1.165, 1.54) is 0 Å². The number of carbonyl (C=O) groups excluding carboxylic acids is 1. The van der Waals surface area contributed by atoms with E-state index in [2.05, 4.69) is 27.8 Å². The smallest absolute Gasteiger partial charge is 0.220 e. The molecule has 1 atom stereocenters. The summed E-state index contributed by atoms with van der Waals surface area (Å²) in [6, 6.07) is 0. The number of amides is 1. The van der Waals surface area contributed by atoms with Gasteiger partial charge in [0.15, 0.2) is 0 Å². The minimum Gasteiger partial charge on any atom is -0.378 e. The van der Waals surface area contributed by atoms with Crippen LogP contribution in [0.1, 0.15) is 25.7 Å². The molecule has 0 spiro atoms. The Labute approximate surface area is 93.0 Å². The summed E-state index contributed by atoms with van der Waals surface area (Å²) >= 11 is 3.19. The minimum atomic E-state index is 0.0705. The highest BCUT2D eigenvalue weighted by Crippen LogP contribution is 2.16. The number of halogens is 1. The van der Waals surface area contributed by atoms with Gasteiger partial charge in [-0.1, -0.05) is 22.5 Å². The molecule has 0 aromatic heterocycles. The summed E-state index contributed by atoms with van der Waals surface area (Å²) in [5, 5.41) is 2.77. The standard InChI is InChI=1S/C10H16BrNO2/c1-8(11)7-12-10(13)5-4-9-3-2-6-14-9/h9H,1-7H2,(H,12,13). The van der Waals surface area contributed by atoms with E-state index in [0.29, 0.717) is 19.1 Å². The van der Waals surface area contributed by atoms with E-state index in [1.54, 1.807) is 0 Å². The van der Waals surface area contributed by atoms with E-state index >= 15 is 0 Å². The van der Waals surface area contributed by atoms with Gasteiger partial charge < -0.3 is 10.1 Å². The lowest BCUT2D eigenvalue weighted by atomic mass is 10.1. The monoisotopic (exact) mass is 261 g/mol. The average Bonchev–Trinajstić information content (AvgIpc) is 2.63. The van der Waals surface area contributed by atoms with Crippen LogP contribution in [-0.4, -0.2) is 25.2 Å². The molecule has 4 heteroatoms. The fourth-order valence-electron chi connectivity index (χ4n) is 1.45. The van der Waals surface area contributed by atoms with Gasteiger partial charge in [-0.3, -0.25) is 4.79 Å². The number of hydrogen-bond donors (Lipinski definition) is 1. The lowest BCUT2D eigenvalue weighted by Gasteiger charge is -2.08. The van der Waals surface area contributed by atoms with E-state index in [0.717, 1.165) is 30.4 Å². The van der Waals surface area contributed by atoms with Crippen LogP contribution in [0, 0.1) is 0 Å². The summed E-state index contributed by atoms with van der Waals surface area (Å²) in [7, 11) is 0. The topological polar surface area (TPSA) is 38.3 Å². The van der Waals surface area contributed by atoms with E-state index in [9.17, 15) is 4.79 Å². The molecule has 0 aromatic carbocycles. The van der Waals surface area contributed by atoms with E-state index in [4.69, 9.17) is 4.74 Å². The predicted octanol–water partition coefficient (Wildman–Crippen LogP) is 1.97. The maximum atomic E-state index is 11.3. The maximum Gasteiger partial charge on any atom is 0.220 e. The minimum absolute atomic E-state index is 0.0705. The van der Waals surface area contributed by atoms with Crippen LogP contribution in [0.4, 0.5) is 0 Å². The van der Waals surface area contributed by atoms with Crippen molar-refractivity contribution in [2.45, 2.75) is 31.8 Å². The van der Waals surface area contributed by atoms with Gasteiger partial charge in [-0.15, -0.1) is 0 Å². The maximum absolute atomic E-state index is 11.3. The molecule has 80 valence electrons. The third-order valence-electron chi connectivity index (χ3n) is 2.19. The molecule has 1 heterocycles. The zero-order valence-electron chi connectivity index (χ0n) is 8.22. The van der Waals surface area contributed by atoms with Gasteiger partial charge >= 0.3 is 0 Å². The Hall–Kier alpha value is -0.350. The van der Waals surface area contributed by atoms with E-state index in [-0.39, 0.29) is 5.91 Å². The number of nitrogens with one attached hydrogen (secondary N) is 1. The van der Waals surface area contributed by atoms with Crippen molar-refractivity contribution < 1.29 is 9.53 Å². The van der Waals surface area contributed by atoms with Gasteiger partial charge in [0.25, 0.3) is 0 Å². The number of ether oxygens (including phenoxy) is 1. The van der Waals surface area contributed by atoms with Crippen LogP contribution in [0.15, 0.2) is 11.1 Å². The SMILES string of the molecule is C=C(Br)CNC(=O)CCC1CCCO1. The first kappa shape index (κ1) is 11.7. The molecule has 0 aromatic rings. The van der Waals surface area contributed by atoms with Crippen LogP contribution in [-0.2, 0) is 9.53 Å². The highest BCUT2D eigenvalue weighted by Gasteiger charge is 2.16. The van der Waals surface area contributed by atoms with Gasteiger partial charge in [0.2, 0.25) is 5.91 Å². The Morgan fingerprint density at radius 1 is 1.64 bits per heavy atom. The molecule has 0 bridgehead atoms. The van der Waals surface area contributed by atoms with Crippen molar-refractivity contribution in [1.82, 2.24) is 5.32 Å². The molecule has 3 nitrogen and oxygen atoms in total. The fourth-order valence-corrected chi connectivity index (χ4v) is 1.59. The van der Waals surface area contributed by atoms with Crippen LogP contribution in [0.25, 0.3) is 0 Å². The van der Waals surface area contributed by atoms with E-state index < -0.39 is 0 Å². The van der Waals surface area contributed by atoms with Gasteiger partial charge in [-0.05, 0) is 19.3 Å². The van der Waals surface area contributed by atoms with Crippen LogP contribution in [0.3, 0.4) is 0 Å². The molecule has 1 aliphatic heterocycles. The molecule has 1 amide bonds. The summed E-state index contributed by atoms with van der Waals surface area (Å²) in [5.74, 6) is 0.0705. The molecule has 0 aliphatic carbocycles. The second kappa shape index (κ2) is 6.19. The van der Waals surface area contributed by atoms with Crippen molar-refractivity contribution in [3.05, 3.63) is 11.1 Å². The molecule has 0 radical (unpaired) electrons. The highest BCUT2D eigenvalue weighted by molar-refractivity contribution is 9.11. The summed E-state index contributed by atoms with van der Waals surface area (Å²) < 4.78 is 6.22. The zero-order valence-corrected chi connectivity index (χ0v) is 9.81. The van der Waals surface area contributed by atoms with Crippen molar-refractivity contribution in [3.8, 4) is 0 Å². The Bertz CT molecular complexity index is 212. The third-order valence-corrected chi connectivity index (χ3v) is 2.48. The number of rotatable bonds is 5. The van der Waals surface area contributed by atoms with Gasteiger partial charge in [0, 0.05) is 24.1 Å². The second-order valence-corrected chi connectivity index (χ2v) is 4.59. The lowest BCUT2D eigenvalue weighted by molar-refractivity contribution is -0.121. The Morgan fingerprint density at radius 2 is 2.43 bits per heavy atom. The summed E-state index contributed by atoms with van der Waals surface area (Å²) in [6.45, 7) is 5.00. The quantitative estimate of drug-likeness (QED) is 0.822. The van der Waals surface area contributed by atoms with Crippen LogP contribution in [0.2, 0.25) is 0 Å². The average molecular weight is 262 g/mol. The molecule has 1 aliphatic rings. The molecule has 1 N–H and O–H groups in total.